The fourth-order valence-electron chi connectivity index (χ4n) is 2.63. The van der Waals surface area contributed by atoms with E-state index in [1.807, 2.05) is 0 Å². The number of ether oxygens (including phenoxy) is 1. The fourth-order valence-corrected chi connectivity index (χ4v) is 2.63. The van der Waals surface area contributed by atoms with Gasteiger partial charge < -0.3 is 15.2 Å². The van der Waals surface area contributed by atoms with Crippen molar-refractivity contribution >= 4 is 5.91 Å². The molecule has 104 valence electrons. The molecular formula is C15H21NO3. The maximum absolute atomic E-state index is 12.0. The van der Waals surface area contributed by atoms with Crippen molar-refractivity contribution in [1.82, 2.24) is 5.32 Å². The highest BCUT2D eigenvalue weighted by Gasteiger charge is 2.28. The number of phenolic OH excluding ortho intramolecular Hbond substituents is 1. The zero-order chi connectivity index (χ0) is 13.9. The smallest absolute Gasteiger partial charge is 0.251 e. The summed E-state index contributed by atoms with van der Waals surface area (Å²) in [6.07, 6.45) is 4.83. The van der Waals surface area contributed by atoms with E-state index in [9.17, 15) is 9.90 Å². The molecule has 4 heteroatoms. The molecule has 0 atom stereocenters. The lowest BCUT2D eigenvalue weighted by molar-refractivity contribution is 0.0934. The second kappa shape index (κ2) is 5.51. The molecule has 19 heavy (non-hydrogen) atoms. The molecule has 0 radical (unpaired) electrons. The van der Waals surface area contributed by atoms with Gasteiger partial charge >= 0.3 is 0 Å². The van der Waals surface area contributed by atoms with Crippen molar-refractivity contribution in [2.24, 2.45) is 5.41 Å². The molecule has 0 bridgehead atoms. The third-order valence-electron chi connectivity index (χ3n) is 3.93. The van der Waals surface area contributed by atoms with E-state index < -0.39 is 0 Å². The molecule has 2 rings (SSSR count). The van der Waals surface area contributed by atoms with Crippen molar-refractivity contribution in [2.75, 3.05) is 13.7 Å². The normalized spacial score (nSPS) is 17.2. The first-order chi connectivity index (χ1) is 9.04. The molecule has 1 fully saturated rings. The Labute approximate surface area is 113 Å². The summed E-state index contributed by atoms with van der Waals surface area (Å²) in [5.41, 5.74) is 0.685. The number of methoxy groups -OCH3 is 1. The Hall–Kier alpha value is -1.71. The van der Waals surface area contributed by atoms with Gasteiger partial charge in [-0.25, -0.2) is 0 Å². The number of rotatable bonds is 4. The number of nitrogens with one attached hydrogen (secondary N) is 1. The Morgan fingerprint density at radius 1 is 1.42 bits per heavy atom. The molecule has 0 heterocycles. The van der Waals surface area contributed by atoms with Crippen LogP contribution in [0.25, 0.3) is 0 Å². The van der Waals surface area contributed by atoms with Crippen LogP contribution in [0.2, 0.25) is 0 Å². The van der Waals surface area contributed by atoms with E-state index in [1.165, 1.54) is 38.9 Å². The number of hydrogen-bond acceptors (Lipinski definition) is 3. The highest BCUT2D eigenvalue weighted by atomic mass is 16.5. The van der Waals surface area contributed by atoms with Crippen LogP contribution in [0.1, 0.15) is 43.0 Å². The third kappa shape index (κ3) is 3.19. The average Bonchev–Trinajstić information content (AvgIpc) is 2.83. The number of carbonyl (C=O) groups excluding carboxylic acids is 1. The Kier molecular flexibility index (Phi) is 3.98. The molecule has 0 aliphatic heterocycles. The lowest BCUT2D eigenvalue weighted by Crippen LogP contribution is -2.34. The molecular weight excluding hydrogens is 242 g/mol. The predicted octanol–water partition coefficient (Wildman–Crippen LogP) is 2.71. The van der Waals surface area contributed by atoms with Gasteiger partial charge in [-0.2, -0.15) is 0 Å². The highest BCUT2D eigenvalue weighted by molar-refractivity contribution is 5.94. The molecule has 1 amide bonds. The predicted molar refractivity (Wildman–Crippen MR) is 73.6 cm³/mol. The van der Waals surface area contributed by atoms with Crippen LogP contribution in [0.4, 0.5) is 0 Å². The van der Waals surface area contributed by atoms with Crippen LogP contribution in [-0.4, -0.2) is 24.7 Å². The summed E-state index contributed by atoms with van der Waals surface area (Å²) in [7, 11) is 1.48. The van der Waals surface area contributed by atoms with Crippen LogP contribution in [0.3, 0.4) is 0 Å². The molecule has 1 saturated carbocycles. The van der Waals surface area contributed by atoms with Crippen LogP contribution in [-0.2, 0) is 0 Å². The van der Waals surface area contributed by atoms with Gasteiger partial charge in [0.05, 0.1) is 7.11 Å². The van der Waals surface area contributed by atoms with Crippen molar-refractivity contribution < 1.29 is 14.6 Å². The first kappa shape index (κ1) is 13.7. The van der Waals surface area contributed by atoms with Gasteiger partial charge in [0, 0.05) is 12.1 Å². The summed E-state index contributed by atoms with van der Waals surface area (Å²) in [6.45, 7) is 2.91. The van der Waals surface area contributed by atoms with Gasteiger partial charge in [0.25, 0.3) is 5.91 Å². The number of phenols is 1. The summed E-state index contributed by atoms with van der Waals surface area (Å²) in [5, 5.41) is 12.6. The molecule has 1 aromatic carbocycles. The van der Waals surface area contributed by atoms with Gasteiger partial charge in [0.2, 0.25) is 0 Å². The second-order valence-corrected chi connectivity index (χ2v) is 5.59. The summed E-state index contributed by atoms with van der Waals surface area (Å²) >= 11 is 0. The van der Waals surface area contributed by atoms with E-state index in [0.717, 1.165) is 0 Å². The molecule has 2 N–H and O–H groups in total. The van der Waals surface area contributed by atoms with Crippen LogP contribution < -0.4 is 10.1 Å². The van der Waals surface area contributed by atoms with Crippen LogP contribution in [0.15, 0.2) is 18.2 Å². The zero-order valence-electron chi connectivity index (χ0n) is 11.5. The minimum atomic E-state index is -0.147. The van der Waals surface area contributed by atoms with Gasteiger partial charge in [0.15, 0.2) is 11.5 Å². The topological polar surface area (TPSA) is 58.6 Å². The maximum atomic E-state index is 12.0. The van der Waals surface area contributed by atoms with E-state index in [4.69, 9.17) is 4.74 Å². The third-order valence-corrected chi connectivity index (χ3v) is 3.93. The monoisotopic (exact) mass is 263 g/mol. The molecule has 1 aliphatic carbocycles. The molecule has 0 aromatic heterocycles. The van der Waals surface area contributed by atoms with Crippen molar-refractivity contribution in [3.05, 3.63) is 23.8 Å². The van der Waals surface area contributed by atoms with E-state index in [0.29, 0.717) is 17.9 Å². The summed E-state index contributed by atoms with van der Waals surface area (Å²) in [5.74, 6) is 0.215. The molecule has 0 unspecified atom stereocenters. The second-order valence-electron chi connectivity index (χ2n) is 5.59. The molecule has 4 nitrogen and oxygen atoms in total. The van der Waals surface area contributed by atoms with Gasteiger partial charge in [-0.1, -0.05) is 19.8 Å². The van der Waals surface area contributed by atoms with Gasteiger partial charge in [-0.3, -0.25) is 4.79 Å². The Balaban J connectivity index is 1.98. The van der Waals surface area contributed by atoms with E-state index in [-0.39, 0.29) is 17.1 Å². The van der Waals surface area contributed by atoms with Gasteiger partial charge in [0.1, 0.15) is 0 Å². The standard InChI is InChI=1S/C15H21NO3/c1-15(7-3-4-8-15)10-16-14(18)11-5-6-13(19-2)12(17)9-11/h5-6,9,17H,3-4,7-8,10H2,1-2H3,(H,16,18). The quantitative estimate of drug-likeness (QED) is 0.878. The molecule has 0 spiro atoms. The largest absolute Gasteiger partial charge is 0.504 e. The number of carbonyl (C=O) groups is 1. The van der Waals surface area contributed by atoms with Crippen molar-refractivity contribution in [2.45, 2.75) is 32.6 Å². The Morgan fingerprint density at radius 2 is 2.11 bits per heavy atom. The summed E-state index contributed by atoms with van der Waals surface area (Å²) in [4.78, 5) is 12.0. The number of aromatic hydroxyl groups is 1. The maximum Gasteiger partial charge on any atom is 0.251 e. The summed E-state index contributed by atoms with van der Waals surface area (Å²) in [6, 6.07) is 4.69. The lowest BCUT2D eigenvalue weighted by Gasteiger charge is -2.23. The number of hydrogen-bond donors (Lipinski definition) is 2. The van der Waals surface area contributed by atoms with E-state index in [2.05, 4.69) is 12.2 Å². The van der Waals surface area contributed by atoms with Crippen LogP contribution in [0.5, 0.6) is 11.5 Å². The van der Waals surface area contributed by atoms with Crippen molar-refractivity contribution in [3.8, 4) is 11.5 Å². The summed E-state index contributed by atoms with van der Waals surface area (Å²) < 4.78 is 4.96. The van der Waals surface area contributed by atoms with Crippen LogP contribution in [0, 0.1) is 5.41 Å². The molecule has 1 aliphatic rings. The van der Waals surface area contributed by atoms with Crippen LogP contribution >= 0.6 is 0 Å². The lowest BCUT2D eigenvalue weighted by atomic mass is 9.89. The Bertz CT molecular complexity index is 464. The SMILES string of the molecule is COc1ccc(C(=O)NCC2(C)CCCC2)cc1O. The molecule has 0 saturated heterocycles. The fraction of sp³-hybridized carbons (Fsp3) is 0.533. The zero-order valence-corrected chi connectivity index (χ0v) is 11.5. The first-order valence-corrected chi connectivity index (χ1v) is 6.69. The first-order valence-electron chi connectivity index (χ1n) is 6.69. The van der Waals surface area contributed by atoms with Crippen molar-refractivity contribution in [3.63, 3.8) is 0 Å². The Morgan fingerprint density at radius 3 is 2.68 bits per heavy atom. The highest BCUT2D eigenvalue weighted by Crippen LogP contribution is 2.36. The van der Waals surface area contributed by atoms with Gasteiger partial charge in [-0.15, -0.1) is 0 Å². The molecule has 1 aromatic rings. The van der Waals surface area contributed by atoms with E-state index in [1.54, 1.807) is 12.1 Å². The number of benzene rings is 1. The number of amides is 1. The minimum Gasteiger partial charge on any atom is -0.504 e. The average molecular weight is 263 g/mol. The van der Waals surface area contributed by atoms with Crippen molar-refractivity contribution in [1.29, 1.82) is 0 Å². The van der Waals surface area contributed by atoms with Gasteiger partial charge in [-0.05, 0) is 36.5 Å². The minimum absolute atomic E-state index is 0.0118. The van der Waals surface area contributed by atoms with E-state index >= 15 is 0 Å².